The molecule has 1 aromatic rings. The summed E-state index contributed by atoms with van der Waals surface area (Å²) in [6.07, 6.45) is 3.81. The number of hydrogen-bond acceptors (Lipinski definition) is 3. The van der Waals surface area contributed by atoms with E-state index in [4.69, 9.17) is 0 Å². The van der Waals surface area contributed by atoms with Gasteiger partial charge in [-0.1, -0.05) is 26.3 Å². The fourth-order valence-electron chi connectivity index (χ4n) is 2.98. The molecule has 0 radical (unpaired) electrons. The lowest BCUT2D eigenvalue weighted by Gasteiger charge is -2.43. The molecule has 0 aliphatic carbocycles. The van der Waals surface area contributed by atoms with Gasteiger partial charge in [0.15, 0.2) is 0 Å². The lowest BCUT2D eigenvalue weighted by atomic mass is 10.0. The smallest absolute Gasteiger partial charge is 0.0417 e. The van der Waals surface area contributed by atoms with Crippen LogP contribution in [0.3, 0.4) is 0 Å². The van der Waals surface area contributed by atoms with Crippen molar-refractivity contribution < 1.29 is 0 Å². The highest BCUT2D eigenvalue weighted by Gasteiger charge is 2.30. The molecular formula is C15H26N2S. The summed E-state index contributed by atoms with van der Waals surface area (Å²) in [5.41, 5.74) is 0. The molecule has 1 saturated heterocycles. The van der Waals surface area contributed by atoms with Crippen LogP contribution in [0.2, 0.25) is 0 Å². The summed E-state index contributed by atoms with van der Waals surface area (Å²) in [6.45, 7) is 9.30. The minimum atomic E-state index is 0.566. The quantitative estimate of drug-likeness (QED) is 0.875. The SMILES string of the molecule is CCCC1CN(C(C)c2cccs2)C(CC)CN1. The first-order valence-corrected chi connectivity index (χ1v) is 8.16. The summed E-state index contributed by atoms with van der Waals surface area (Å²) in [6, 6.07) is 6.38. The Bertz CT molecular complexity index is 336. The Morgan fingerprint density at radius 3 is 2.94 bits per heavy atom. The van der Waals surface area contributed by atoms with E-state index in [1.165, 1.54) is 30.7 Å². The van der Waals surface area contributed by atoms with Crippen molar-refractivity contribution in [3.05, 3.63) is 22.4 Å². The van der Waals surface area contributed by atoms with Gasteiger partial charge in [-0.3, -0.25) is 4.90 Å². The second kappa shape index (κ2) is 6.69. The van der Waals surface area contributed by atoms with Crippen LogP contribution in [0.15, 0.2) is 17.5 Å². The van der Waals surface area contributed by atoms with Gasteiger partial charge in [0.2, 0.25) is 0 Å². The molecule has 2 nitrogen and oxygen atoms in total. The lowest BCUT2D eigenvalue weighted by Crippen LogP contribution is -2.56. The molecule has 1 aliphatic rings. The Balaban J connectivity index is 2.06. The Kier molecular flexibility index (Phi) is 5.22. The molecule has 2 heterocycles. The van der Waals surface area contributed by atoms with E-state index in [0.717, 1.165) is 6.54 Å². The molecule has 0 amide bonds. The molecule has 3 atom stereocenters. The van der Waals surface area contributed by atoms with Crippen molar-refractivity contribution in [2.75, 3.05) is 13.1 Å². The predicted molar refractivity (Wildman–Crippen MR) is 80.2 cm³/mol. The van der Waals surface area contributed by atoms with Crippen LogP contribution in [0.5, 0.6) is 0 Å². The molecule has 0 bridgehead atoms. The fourth-order valence-corrected chi connectivity index (χ4v) is 3.78. The molecule has 1 N–H and O–H groups in total. The van der Waals surface area contributed by atoms with Crippen LogP contribution in [-0.4, -0.2) is 30.1 Å². The zero-order chi connectivity index (χ0) is 13.0. The zero-order valence-electron chi connectivity index (χ0n) is 11.9. The van der Waals surface area contributed by atoms with Crippen molar-refractivity contribution >= 4 is 11.3 Å². The molecule has 2 rings (SSSR count). The van der Waals surface area contributed by atoms with Gasteiger partial charge in [-0.05, 0) is 31.2 Å². The fraction of sp³-hybridized carbons (Fsp3) is 0.733. The molecule has 0 spiro atoms. The van der Waals surface area contributed by atoms with Crippen molar-refractivity contribution in [2.24, 2.45) is 0 Å². The van der Waals surface area contributed by atoms with Gasteiger partial charge in [0.25, 0.3) is 0 Å². The van der Waals surface area contributed by atoms with Gasteiger partial charge < -0.3 is 5.32 Å². The van der Waals surface area contributed by atoms with E-state index >= 15 is 0 Å². The summed E-state index contributed by atoms with van der Waals surface area (Å²) >= 11 is 1.89. The Morgan fingerprint density at radius 2 is 2.33 bits per heavy atom. The predicted octanol–water partition coefficient (Wildman–Crippen LogP) is 3.66. The highest BCUT2D eigenvalue weighted by atomic mass is 32.1. The van der Waals surface area contributed by atoms with Crippen LogP contribution >= 0.6 is 11.3 Å². The van der Waals surface area contributed by atoms with Crippen molar-refractivity contribution in [3.8, 4) is 0 Å². The van der Waals surface area contributed by atoms with Gasteiger partial charge in [-0.15, -0.1) is 11.3 Å². The number of piperazine rings is 1. The monoisotopic (exact) mass is 266 g/mol. The first-order valence-electron chi connectivity index (χ1n) is 7.28. The topological polar surface area (TPSA) is 15.3 Å². The van der Waals surface area contributed by atoms with Crippen LogP contribution in [0.1, 0.15) is 51.0 Å². The second-order valence-corrected chi connectivity index (χ2v) is 6.32. The highest BCUT2D eigenvalue weighted by molar-refractivity contribution is 7.10. The average Bonchev–Trinajstić information content (AvgIpc) is 2.92. The van der Waals surface area contributed by atoms with Crippen LogP contribution in [0.25, 0.3) is 0 Å². The zero-order valence-corrected chi connectivity index (χ0v) is 12.7. The Morgan fingerprint density at radius 1 is 1.50 bits per heavy atom. The second-order valence-electron chi connectivity index (χ2n) is 5.34. The molecule has 3 unspecified atom stereocenters. The van der Waals surface area contributed by atoms with E-state index in [9.17, 15) is 0 Å². The maximum absolute atomic E-state index is 3.71. The normalized spacial score (nSPS) is 27.3. The molecule has 18 heavy (non-hydrogen) atoms. The van der Waals surface area contributed by atoms with Crippen LogP contribution in [-0.2, 0) is 0 Å². The first-order chi connectivity index (χ1) is 8.76. The van der Waals surface area contributed by atoms with E-state index in [1.807, 2.05) is 11.3 Å². The average molecular weight is 266 g/mol. The number of thiophene rings is 1. The number of nitrogens with zero attached hydrogens (tertiary/aromatic N) is 1. The minimum absolute atomic E-state index is 0.566. The largest absolute Gasteiger partial charge is 0.311 e. The first kappa shape index (κ1) is 14.0. The Hall–Kier alpha value is -0.380. The van der Waals surface area contributed by atoms with E-state index in [-0.39, 0.29) is 0 Å². The van der Waals surface area contributed by atoms with Gasteiger partial charge >= 0.3 is 0 Å². The van der Waals surface area contributed by atoms with E-state index in [0.29, 0.717) is 18.1 Å². The number of hydrogen-bond donors (Lipinski definition) is 1. The molecule has 3 heteroatoms. The van der Waals surface area contributed by atoms with Crippen LogP contribution < -0.4 is 5.32 Å². The van der Waals surface area contributed by atoms with Crippen LogP contribution in [0, 0.1) is 0 Å². The van der Waals surface area contributed by atoms with Crippen molar-refractivity contribution in [3.63, 3.8) is 0 Å². The molecule has 0 saturated carbocycles. The van der Waals surface area contributed by atoms with E-state index in [1.54, 1.807) is 0 Å². The maximum atomic E-state index is 3.71. The molecule has 1 aromatic heterocycles. The highest BCUT2D eigenvalue weighted by Crippen LogP contribution is 2.29. The molecule has 0 aromatic carbocycles. The van der Waals surface area contributed by atoms with E-state index in [2.05, 4.69) is 48.5 Å². The van der Waals surface area contributed by atoms with Gasteiger partial charge in [0.1, 0.15) is 0 Å². The summed E-state index contributed by atoms with van der Waals surface area (Å²) in [4.78, 5) is 4.22. The molecular weight excluding hydrogens is 240 g/mol. The number of nitrogens with one attached hydrogen (secondary N) is 1. The van der Waals surface area contributed by atoms with E-state index < -0.39 is 0 Å². The summed E-state index contributed by atoms with van der Waals surface area (Å²) in [7, 11) is 0. The lowest BCUT2D eigenvalue weighted by molar-refractivity contribution is 0.0850. The number of rotatable bonds is 5. The standard InChI is InChI=1S/C15H26N2S/c1-4-7-13-11-17(14(5-2)10-16-13)12(3)15-8-6-9-18-15/h6,8-9,12-14,16H,4-5,7,10-11H2,1-3H3. The summed E-state index contributed by atoms with van der Waals surface area (Å²) in [5.74, 6) is 0. The third-order valence-corrected chi connectivity index (χ3v) is 5.15. The van der Waals surface area contributed by atoms with Gasteiger partial charge in [-0.25, -0.2) is 0 Å². The molecule has 1 fully saturated rings. The maximum Gasteiger partial charge on any atom is 0.0417 e. The van der Waals surface area contributed by atoms with Crippen molar-refractivity contribution in [1.82, 2.24) is 10.2 Å². The Labute approximate surface area is 115 Å². The van der Waals surface area contributed by atoms with Gasteiger partial charge in [0, 0.05) is 36.1 Å². The van der Waals surface area contributed by atoms with Crippen molar-refractivity contribution in [2.45, 2.75) is 58.2 Å². The molecule has 102 valence electrons. The third kappa shape index (κ3) is 3.14. The van der Waals surface area contributed by atoms with Crippen molar-refractivity contribution in [1.29, 1.82) is 0 Å². The summed E-state index contributed by atoms with van der Waals surface area (Å²) in [5, 5.41) is 5.91. The van der Waals surface area contributed by atoms with Gasteiger partial charge in [-0.2, -0.15) is 0 Å². The third-order valence-electron chi connectivity index (χ3n) is 4.10. The van der Waals surface area contributed by atoms with Crippen LogP contribution in [0.4, 0.5) is 0 Å². The minimum Gasteiger partial charge on any atom is -0.311 e. The summed E-state index contributed by atoms with van der Waals surface area (Å²) < 4.78 is 0. The van der Waals surface area contributed by atoms with Gasteiger partial charge in [0.05, 0.1) is 0 Å². The molecule has 1 aliphatic heterocycles.